The summed E-state index contributed by atoms with van der Waals surface area (Å²) >= 11 is 0. The van der Waals surface area contributed by atoms with Crippen LogP contribution < -0.4 is 11.1 Å². The standard InChI is InChI=1S/C11H24N2O2/c1-9(4-3-5-14)13-11(8-12)6-10(7-11)15-2/h9-10,13-14H,3-8,12H2,1-2H3. The molecule has 0 saturated heterocycles. The molecular weight excluding hydrogens is 192 g/mol. The zero-order chi connectivity index (χ0) is 11.3. The Bertz CT molecular complexity index is 181. The maximum Gasteiger partial charge on any atom is 0.0607 e. The molecule has 1 aliphatic rings. The molecule has 1 fully saturated rings. The van der Waals surface area contributed by atoms with Crippen molar-refractivity contribution in [3.05, 3.63) is 0 Å². The third-order valence-electron chi connectivity index (χ3n) is 3.31. The predicted octanol–water partition coefficient (Wildman–Crippen LogP) is 0.243. The molecule has 90 valence electrons. The van der Waals surface area contributed by atoms with Gasteiger partial charge in [-0.3, -0.25) is 0 Å². The summed E-state index contributed by atoms with van der Waals surface area (Å²) in [7, 11) is 1.75. The fraction of sp³-hybridized carbons (Fsp3) is 1.00. The highest BCUT2D eigenvalue weighted by atomic mass is 16.5. The Morgan fingerprint density at radius 1 is 1.60 bits per heavy atom. The van der Waals surface area contributed by atoms with Crippen LogP contribution in [0.1, 0.15) is 32.6 Å². The van der Waals surface area contributed by atoms with Gasteiger partial charge in [0.1, 0.15) is 0 Å². The molecule has 1 rings (SSSR count). The minimum Gasteiger partial charge on any atom is -0.396 e. The minimum absolute atomic E-state index is 0.0789. The zero-order valence-corrected chi connectivity index (χ0v) is 9.83. The first-order valence-corrected chi connectivity index (χ1v) is 5.77. The van der Waals surface area contributed by atoms with Crippen molar-refractivity contribution in [3.8, 4) is 0 Å². The Morgan fingerprint density at radius 3 is 2.73 bits per heavy atom. The number of aliphatic hydroxyl groups excluding tert-OH is 1. The van der Waals surface area contributed by atoms with E-state index in [9.17, 15) is 0 Å². The van der Waals surface area contributed by atoms with Crippen molar-refractivity contribution in [1.29, 1.82) is 0 Å². The molecule has 0 spiro atoms. The lowest BCUT2D eigenvalue weighted by atomic mass is 9.73. The van der Waals surface area contributed by atoms with Crippen LogP contribution in [0.15, 0.2) is 0 Å². The molecule has 1 aliphatic carbocycles. The van der Waals surface area contributed by atoms with Gasteiger partial charge in [0.15, 0.2) is 0 Å². The average molecular weight is 216 g/mol. The van der Waals surface area contributed by atoms with Gasteiger partial charge in [0, 0.05) is 31.8 Å². The fourth-order valence-corrected chi connectivity index (χ4v) is 2.31. The first kappa shape index (κ1) is 12.9. The van der Waals surface area contributed by atoms with Crippen molar-refractivity contribution in [2.75, 3.05) is 20.3 Å². The number of methoxy groups -OCH3 is 1. The summed E-state index contributed by atoms with van der Waals surface area (Å²) in [5.74, 6) is 0. The molecule has 4 N–H and O–H groups in total. The van der Waals surface area contributed by atoms with Crippen LogP contribution in [0, 0.1) is 0 Å². The van der Waals surface area contributed by atoms with Gasteiger partial charge in [-0.25, -0.2) is 0 Å². The second-order valence-electron chi connectivity index (χ2n) is 4.66. The van der Waals surface area contributed by atoms with Crippen LogP contribution in [0.2, 0.25) is 0 Å². The van der Waals surface area contributed by atoms with Crippen LogP contribution in [0.4, 0.5) is 0 Å². The summed E-state index contributed by atoms with van der Waals surface area (Å²) in [5.41, 5.74) is 5.87. The van der Waals surface area contributed by atoms with Crippen molar-refractivity contribution in [2.24, 2.45) is 5.73 Å². The molecule has 0 aliphatic heterocycles. The maximum absolute atomic E-state index is 8.75. The van der Waals surface area contributed by atoms with Crippen molar-refractivity contribution >= 4 is 0 Å². The highest BCUT2D eigenvalue weighted by Gasteiger charge is 2.43. The monoisotopic (exact) mass is 216 g/mol. The molecule has 1 unspecified atom stereocenters. The van der Waals surface area contributed by atoms with Crippen LogP contribution in [0.25, 0.3) is 0 Å². The molecule has 0 amide bonds. The molecule has 0 heterocycles. The fourth-order valence-electron chi connectivity index (χ4n) is 2.31. The average Bonchev–Trinajstić information content (AvgIpc) is 2.19. The van der Waals surface area contributed by atoms with Crippen LogP contribution in [-0.4, -0.2) is 43.1 Å². The molecule has 15 heavy (non-hydrogen) atoms. The van der Waals surface area contributed by atoms with Crippen LogP contribution in [-0.2, 0) is 4.74 Å². The third kappa shape index (κ3) is 3.41. The Balaban J connectivity index is 2.28. The lowest BCUT2D eigenvalue weighted by molar-refractivity contribution is -0.0308. The second kappa shape index (κ2) is 5.80. The van der Waals surface area contributed by atoms with Gasteiger partial charge in [0.05, 0.1) is 6.10 Å². The predicted molar refractivity (Wildman–Crippen MR) is 60.7 cm³/mol. The quantitative estimate of drug-likeness (QED) is 0.570. The van der Waals surface area contributed by atoms with Gasteiger partial charge in [-0.1, -0.05) is 0 Å². The minimum atomic E-state index is 0.0789. The van der Waals surface area contributed by atoms with Gasteiger partial charge >= 0.3 is 0 Å². The van der Waals surface area contributed by atoms with E-state index in [0.29, 0.717) is 18.7 Å². The first-order valence-electron chi connectivity index (χ1n) is 5.77. The van der Waals surface area contributed by atoms with Gasteiger partial charge in [-0.2, -0.15) is 0 Å². The van der Waals surface area contributed by atoms with E-state index < -0.39 is 0 Å². The Kier molecular flexibility index (Phi) is 4.99. The van der Waals surface area contributed by atoms with Crippen molar-refractivity contribution in [2.45, 2.75) is 50.3 Å². The molecule has 0 radical (unpaired) electrons. The molecule has 0 aromatic heterocycles. The van der Waals surface area contributed by atoms with E-state index in [2.05, 4.69) is 12.2 Å². The van der Waals surface area contributed by atoms with Crippen LogP contribution in [0.5, 0.6) is 0 Å². The number of aliphatic hydroxyl groups is 1. The normalized spacial score (nSPS) is 32.4. The summed E-state index contributed by atoms with van der Waals surface area (Å²) < 4.78 is 5.27. The molecule has 1 saturated carbocycles. The number of nitrogens with two attached hydrogens (primary N) is 1. The highest BCUT2D eigenvalue weighted by Crippen LogP contribution is 2.34. The molecule has 0 bridgehead atoms. The molecule has 1 atom stereocenters. The maximum atomic E-state index is 8.75. The Hall–Kier alpha value is -0.160. The largest absolute Gasteiger partial charge is 0.396 e. The lowest BCUT2D eigenvalue weighted by Gasteiger charge is -2.48. The molecule has 0 aromatic carbocycles. The summed E-state index contributed by atoms with van der Waals surface area (Å²) in [5, 5.41) is 12.3. The number of hydrogen-bond donors (Lipinski definition) is 3. The van der Waals surface area contributed by atoms with E-state index in [-0.39, 0.29) is 12.1 Å². The number of hydrogen-bond acceptors (Lipinski definition) is 4. The number of ether oxygens (including phenoxy) is 1. The first-order chi connectivity index (χ1) is 7.15. The van der Waals surface area contributed by atoms with Crippen LogP contribution in [0.3, 0.4) is 0 Å². The van der Waals surface area contributed by atoms with E-state index in [1.54, 1.807) is 7.11 Å². The smallest absolute Gasteiger partial charge is 0.0607 e. The topological polar surface area (TPSA) is 67.5 Å². The van der Waals surface area contributed by atoms with Crippen LogP contribution >= 0.6 is 0 Å². The van der Waals surface area contributed by atoms with E-state index in [1.807, 2.05) is 0 Å². The van der Waals surface area contributed by atoms with E-state index in [4.69, 9.17) is 15.6 Å². The SMILES string of the molecule is COC1CC(CN)(NC(C)CCCO)C1. The summed E-state index contributed by atoms with van der Waals surface area (Å²) in [6.07, 6.45) is 4.22. The van der Waals surface area contributed by atoms with Gasteiger partial charge in [0.2, 0.25) is 0 Å². The van der Waals surface area contributed by atoms with E-state index in [0.717, 1.165) is 25.7 Å². The Labute approximate surface area is 92.2 Å². The zero-order valence-electron chi connectivity index (χ0n) is 9.83. The van der Waals surface area contributed by atoms with Crippen molar-refractivity contribution < 1.29 is 9.84 Å². The van der Waals surface area contributed by atoms with Gasteiger partial charge in [0.25, 0.3) is 0 Å². The summed E-state index contributed by atoms with van der Waals surface area (Å²) in [6, 6.07) is 0.415. The summed E-state index contributed by atoms with van der Waals surface area (Å²) in [6.45, 7) is 3.08. The molecule has 4 heteroatoms. The molecule has 0 aromatic rings. The molecular formula is C11H24N2O2. The second-order valence-corrected chi connectivity index (χ2v) is 4.66. The van der Waals surface area contributed by atoms with Crippen molar-refractivity contribution in [1.82, 2.24) is 5.32 Å². The Morgan fingerprint density at radius 2 is 2.27 bits per heavy atom. The third-order valence-corrected chi connectivity index (χ3v) is 3.31. The lowest BCUT2D eigenvalue weighted by Crippen LogP contribution is -2.64. The number of nitrogens with one attached hydrogen (secondary N) is 1. The summed E-state index contributed by atoms with van der Waals surface area (Å²) in [4.78, 5) is 0. The van der Waals surface area contributed by atoms with E-state index >= 15 is 0 Å². The highest BCUT2D eigenvalue weighted by molar-refractivity contribution is 5.03. The van der Waals surface area contributed by atoms with Crippen molar-refractivity contribution in [3.63, 3.8) is 0 Å². The molecule has 4 nitrogen and oxygen atoms in total. The van der Waals surface area contributed by atoms with E-state index in [1.165, 1.54) is 0 Å². The van der Waals surface area contributed by atoms with Gasteiger partial charge in [-0.15, -0.1) is 0 Å². The van der Waals surface area contributed by atoms with Gasteiger partial charge < -0.3 is 20.9 Å². The van der Waals surface area contributed by atoms with Gasteiger partial charge in [-0.05, 0) is 32.6 Å². The number of rotatable bonds is 7.